The zero-order chi connectivity index (χ0) is 23.2. The van der Waals surface area contributed by atoms with Gasteiger partial charge in [-0.25, -0.2) is 23.4 Å². The van der Waals surface area contributed by atoms with E-state index < -0.39 is 48.8 Å². The molecule has 0 heterocycles. The van der Waals surface area contributed by atoms with Crippen LogP contribution in [0.25, 0.3) is 0 Å². The number of carbonyl (C=O) groups is 1. The van der Waals surface area contributed by atoms with E-state index >= 15 is 0 Å². The molecule has 168 valence electrons. The van der Waals surface area contributed by atoms with Gasteiger partial charge in [0.2, 0.25) is 0 Å². The van der Waals surface area contributed by atoms with Crippen LogP contribution in [-0.2, 0) is 19.0 Å². The number of hydrogen-bond acceptors (Lipinski definition) is 4. The van der Waals surface area contributed by atoms with Gasteiger partial charge in [-0.2, -0.15) is 35.1 Å². The summed E-state index contributed by atoms with van der Waals surface area (Å²) in [7, 11) is 0. The molecule has 0 aromatic heterocycles. The molecule has 0 aliphatic heterocycles. The lowest BCUT2D eigenvalue weighted by molar-refractivity contribution is -0.595. The van der Waals surface area contributed by atoms with Gasteiger partial charge >= 0.3 is 48.8 Å². The van der Waals surface area contributed by atoms with Crippen molar-refractivity contribution < 1.29 is 90.0 Å². The molecule has 28 heavy (non-hydrogen) atoms. The number of carboxylic acid groups (broad SMARTS) is 1. The van der Waals surface area contributed by atoms with E-state index in [0.717, 1.165) is 0 Å². The Bertz CT molecular complexity index is 560. The average molecular weight is 462 g/mol. The Hall–Kier alpha value is -1.70. The highest BCUT2D eigenvalue weighted by molar-refractivity contribution is 5.79. The summed E-state index contributed by atoms with van der Waals surface area (Å²) in [6.07, 6.45) is -36.2. The molecule has 5 nitrogen and oxygen atoms in total. The SMILES string of the molecule is O=C(O)C(F)(C(F)(F)F)C(F)(F)OC(F)(F)C(F)(OC(F)(F)F)OC(F)(F)F. The maximum absolute atomic E-state index is 13.3. The summed E-state index contributed by atoms with van der Waals surface area (Å²) >= 11 is 0. The number of ether oxygens (including phenoxy) is 3. The van der Waals surface area contributed by atoms with Gasteiger partial charge in [-0.15, -0.1) is 26.3 Å². The topological polar surface area (TPSA) is 65.0 Å². The second kappa shape index (κ2) is 6.97. The number of aliphatic carboxylic acids is 1. The molecule has 0 aromatic carbocycles. The molecule has 1 unspecified atom stereocenters. The van der Waals surface area contributed by atoms with Crippen LogP contribution in [0.4, 0.5) is 65.9 Å². The first-order valence-corrected chi connectivity index (χ1v) is 5.49. The van der Waals surface area contributed by atoms with E-state index in [-0.39, 0.29) is 0 Å². The Labute approximate surface area is 140 Å². The molecule has 0 saturated carbocycles. The highest BCUT2D eigenvalue weighted by Crippen LogP contribution is 2.52. The lowest BCUT2D eigenvalue weighted by Gasteiger charge is -2.37. The first kappa shape index (κ1) is 26.3. The van der Waals surface area contributed by atoms with Crippen molar-refractivity contribution in [1.82, 2.24) is 0 Å². The molecule has 0 fully saturated rings. The quantitative estimate of drug-likeness (QED) is 0.453. The van der Waals surface area contributed by atoms with Crippen molar-refractivity contribution in [2.45, 2.75) is 42.8 Å². The average Bonchev–Trinajstić information content (AvgIpc) is 2.29. The second-order valence-electron chi connectivity index (χ2n) is 4.23. The van der Waals surface area contributed by atoms with E-state index in [1.165, 1.54) is 14.2 Å². The number of rotatable bonds is 7. The van der Waals surface area contributed by atoms with E-state index in [2.05, 4.69) is 0 Å². The molecule has 0 amide bonds. The van der Waals surface area contributed by atoms with E-state index in [4.69, 9.17) is 5.11 Å². The molecule has 20 heteroatoms. The van der Waals surface area contributed by atoms with Gasteiger partial charge in [0.1, 0.15) is 0 Å². The Kier molecular flexibility index (Phi) is 6.55. The number of carboxylic acids is 1. The monoisotopic (exact) mass is 462 g/mol. The highest BCUT2D eigenvalue weighted by atomic mass is 19.4. The van der Waals surface area contributed by atoms with Gasteiger partial charge < -0.3 is 5.11 Å². The molecular formula is C8HF15O5. The normalized spacial score (nSPS) is 17.4. The van der Waals surface area contributed by atoms with Crippen LogP contribution in [0.5, 0.6) is 0 Å². The van der Waals surface area contributed by atoms with Crippen LogP contribution in [-0.4, -0.2) is 53.9 Å². The van der Waals surface area contributed by atoms with Crippen LogP contribution >= 0.6 is 0 Å². The summed E-state index contributed by atoms with van der Waals surface area (Å²) in [5, 5.41) is 7.86. The Morgan fingerprint density at radius 3 is 1.11 bits per heavy atom. The molecule has 1 atom stereocenters. The fourth-order valence-corrected chi connectivity index (χ4v) is 1.14. The van der Waals surface area contributed by atoms with Crippen LogP contribution in [0.1, 0.15) is 0 Å². The fourth-order valence-electron chi connectivity index (χ4n) is 1.14. The molecule has 0 aliphatic carbocycles. The molecule has 0 aromatic rings. The molecule has 0 radical (unpaired) electrons. The highest BCUT2D eigenvalue weighted by Gasteiger charge is 2.82. The summed E-state index contributed by atoms with van der Waals surface area (Å²) < 4.78 is 191. The van der Waals surface area contributed by atoms with Crippen LogP contribution in [0, 0.1) is 0 Å². The van der Waals surface area contributed by atoms with Crippen molar-refractivity contribution in [2.75, 3.05) is 0 Å². The number of halogens is 15. The first-order chi connectivity index (χ1) is 11.8. The van der Waals surface area contributed by atoms with Crippen molar-refractivity contribution in [2.24, 2.45) is 0 Å². The molecule has 1 N–H and O–H groups in total. The van der Waals surface area contributed by atoms with Crippen LogP contribution in [0.3, 0.4) is 0 Å². The Balaban J connectivity index is 6.33. The minimum Gasteiger partial charge on any atom is -0.478 e. The van der Waals surface area contributed by atoms with E-state index in [1.54, 1.807) is 0 Å². The van der Waals surface area contributed by atoms with Crippen LogP contribution in [0.2, 0.25) is 0 Å². The van der Waals surface area contributed by atoms with E-state index in [1.807, 2.05) is 0 Å². The maximum Gasteiger partial charge on any atom is 0.527 e. The van der Waals surface area contributed by atoms with Crippen molar-refractivity contribution in [3.63, 3.8) is 0 Å². The van der Waals surface area contributed by atoms with Crippen LogP contribution in [0.15, 0.2) is 0 Å². The Morgan fingerprint density at radius 2 is 0.893 bits per heavy atom. The predicted molar refractivity (Wildman–Crippen MR) is 46.6 cm³/mol. The molecule has 0 bridgehead atoms. The zero-order valence-corrected chi connectivity index (χ0v) is 11.7. The summed E-state index contributed by atoms with van der Waals surface area (Å²) in [5.41, 5.74) is -7.19. The minimum absolute atomic E-state index is 1.47. The van der Waals surface area contributed by atoms with Gasteiger partial charge in [0.25, 0.3) is 0 Å². The van der Waals surface area contributed by atoms with Crippen molar-refractivity contribution in [3.05, 3.63) is 0 Å². The first-order valence-electron chi connectivity index (χ1n) is 5.49. The van der Waals surface area contributed by atoms with Gasteiger partial charge in [0.05, 0.1) is 0 Å². The molecule has 0 rings (SSSR count). The summed E-state index contributed by atoms with van der Waals surface area (Å²) in [5.74, 6) is -4.33. The van der Waals surface area contributed by atoms with Crippen molar-refractivity contribution >= 4 is 5.97 Å². The molecular weight excluding hydrogens is 461 g/mol. The molecule has 0 aliphatic rings. The Morgan fingerprint density at radius 1 is 0.571 bits per heavy atom. The molecule has 0 spiro atoms. The predicted octanol–water partition coefficient (Wildman–Crippen LogP) is 4.24. The molecule has 0 saturated heterocycles. The lowest BCUT2D eigenvalue weighted by Crippen LogP contribution is -2.66. The van der Waals surface area contributed by atoms with Gasteiger partial charge in [-0.3, -0.25) is 0 Å². The van der Waals surface area contributed by atoms with Gasteiger partial charge in [0.15, 0.2) is 0 Å². The number of alkyl halides is 15. The minimum atomic E-state index is -7.54. The maximum atomic E-state index is 13.3. The lowest BCUT2D eigenvalue weighted by atomic mass is 10.1. The summed E-state index contributed by atoms with van der Waals surface area (Å²) in [6.45, 7) is 0. The zero-order valence-electron chi connectivity index (χ0n) is 11.7. The standard InChI is InChI=1S/C8HF15O5/c9-2(1(24)25,3(10,11)12)4(13,14)26-5(15,16)6(17,27-7(18,19)20)28-8(21,22)23/h(H,24,25). The third-order valence-corrected chi connectivity index (χ3v) is 2.18. The van der Waals surface area contributed by atoms with E-state index in [9.17, 15) is 70.7 Å². The summed E-state index contributed by atoms with van der Waals surface area (Å²) in [4.78, 5) is 10.1. The number of hydrogen-bond donors (Lipinski definition) is 1. The third kappa shape index (κ3) is 5.43. The van der Waals surface area contributed by atoms with E-state index in [0.29, 0.717) is 0 Å². The largest absolute Gasteiger partial charge is 0.527 e. The fraction of sp³-hybridized carbons (Fsp3) is 0.875. The van der Waals surface area contributed by atoms with Gasteiger partial charge in [-0.1, -0.05) is 0 Å². The van der Waals surface area contributed by atoms with Gasteiger partial charge in [0, 0.05) is 0 Å². The summed E-state index contributed by atoms with van der Waals surface area (Å²) in [6, 6.07) is -7.21. The third-order valence-electron chi connectivity index (χ3n) is 2.18. The van der Waals surface area contributed by atoms with Crippen LogP contribution < -0.4 is 0 Å². The smallest absolute Gasteiger partial charge is 0.478 e. The van der Waals surface area contributed by atoms with Gasteiger partial charge in [-0.05, 0) is 0 Å². The second-order valence-corrected chi connectivity index (χ2v) is 4.23. The van der Waals surface area contributed by atoms with Crippen molar-refractivity contribution in [3.8, 4) is 0 Å². The van der Waals surface area contributed by atoms with Crippen molar-refractivity contribution in [1.29, 1.82) is 0 Å².